The Morgan fingerprint density at radius 1 is 0.712 bits per heavy atom. The van der Waals surface area contributed by atoms with Gasteiger partial charge in [-0.05, 0) is 68.4 Å². The van der Waals surface area contributed by atoms with E-state index in [1.807, 2.05) is 18.2 Å². The molecule has 1 fully saturated rings. The number of aromatic amines is 1. The Labute approximate surface area is 419 Å². The summed E-state index contributed by atoms with van der Waals surface area (Å²) in [5.41, 5.74) is 18.3. The van der Waals surface area contributed by atoms with Crippen molar-refractivity contribution in [3.05, 3.63) is 36.0 Å². The monoisotopic (exact) mass is 1030 g/mol. The number of likely N-dealkylation sites (tertiary alicyclic amines) is 1. The molecular formula is C46H68N12O15. The minimum absolute atomic E-state index is 0.0111. The first-order chi connectivity index (χ1) is 34.3. The molecule has 2 heterocycles. The number of nitrogens with zero attached hydrogens (tertiary/aromatic N) is 2. The highest BCUT2D eigenvalue weighted by Crippen LogP contribution is 2.22. The summed E-state index contributed by atoms with van der Waals surface area (Å²) >= 11 is 0. The van der Waals surface area contributed by atoms with Crippen LogP contribution in [0.5, 0.6) is 0 Å². The third-order valence-corrected chi connectivity index (χ3v) is 11.7. The van der Waals surface area contributed by atoms with Crippen molar-refractivity contribution in [1.29, 1.82) is 0 Å². The zero-order valence-corrected chi connectivity index (χ0v) is 41.1. The van der Waals surface area contributed by atoms with E-state index >= 15 is 0 Å². The molecule has 17 N–H and O–H groups in total. The van der Waals surface area contributed by atoms with Crippen LogP contribution < -0.4 is 49.1 Å². The summed E-state index contributed by atoms with van der Waals surface area (Å²) in [7, 11) is 0. The number of benzene rings is 1. The average molecular weight is 1030 g/mol. The first-order valence-electron chi connectivity index (χ1n) is 23.7. The smallest absolute Gasteiger partial charge is 0.326 e. The van der Waals surface area contributed by atoms with Gasteiger partial charge in [0.15, 0.2) is 5.96 Å². The third-order valence-electron chi connectivity index (χ3n) is 11.7. The number of amides is 7. The SMILES string of the molecule is CC(C)C[C@H](NC(=O)[C@H](CC(=O)O)NC(=O)[C@@H](N)Cc1c[nH]c2ccccc12)C(=O)N[C@@H](CC(=O)O)C(=O)N1CCC[C@H]1C(=O)N[C@@H](CCC(=O)O)C(=O)N[C@H](C(=O)N[C@@H](CCCN=C(N)N)C(=O)O)C(C)C. The second-order valence-corrected chi connectivity index (χ2v) is 18.4. The number of carbonyl (C=O) groups excluding carboxylic acids is 7. The molecule has 27 heteroatoms. The van der Waals surface area contributed by atoms with Crippen molar-refractivity contribution in [3.8, 4) is 0 Å². The number of H-pyrrole nitrogens is 1. The van der Waals surface area contributed by atoms with Gasteiger partial charge in [0.1, 0.15) is 42.3 Å². The van der Waals surface area contributed by atoms with Gasteiger partial charge in [-0.3, -0.25) is 52.9 Å². The molecule has 73 heavy (non-hydrogen) atoms. The molecule has 1 aliphatic rings. The molecule has 1 saturated heterocycles. The van der Waals surface area contributed by atoms with Crippen molar-refractivity contribution < 1.29 is 73.2 Å². The zero-order valence-electron chi connectivity index (χ0n) is 41.1. The molecule has 0 spiro atoms. The van der Waals surface area contributed by atoms with Gasteiger partial charge in [0, 0.05) is 36.6 Å². The van der Waals surface area contributed by atoms with Crippen molar-refractivity contribution in [2.24, 2.45) is 34.0 Å². The van der Waals surface area contributed by atoms with Gasteiger partial charge in [-0.1, -0.05) is 45.9 Å². The molecular weight excluding hydrogens is 961 g/mol. The number of para-hydroxylation sites is 1. The van der Waals surface area contributed by atoms with Gasteiger partial charge in [-0.2, -0.15) is 0 Å². The van der Waals surface area contributed by atoms with E-state index in [2.05, 4.69) is 41.9 Å². The van der Waals surface area contributed by atoms with Gasteiger partial charge in [0.05, 0.1) is 18.9 Å². The maximum Gasteiger partial charge on any atom is 0.326 e. The largest absolute Gasteiger partial charge is 0.481 e. The van der Waals surface area contributed by atoms with Crippen molar-refractivity contribution >= 4 is 82.1 Å². The van der Waals surface area contributed by atoms with Crippen LogP contribution in [0.3, 0.4) is 0 Å². The topological polar surface area (TPSA) is 450 Å². The Hall–Kier alpha value is -7.84. The standard InChI is InChI=1S/C46H68N12O15/c1-22(2)17-30(55-41(68)31(19-35(61)62)54-38(65)26(47)18-24-21-51-27-10-6-5-9-25(24)27)40(67)56-32(20-36(63)64)44(71)58-16-8-12-33(58)42(69)52-28(13-14-34(59)60)39(66)57-37(23(3)4)43(70)53-29(45(72)73)11-7-15-50-46(48)49/h5-6,9-10,21-23,26,28-33,37,51H,7-8,11-20,47H2,1-4H3,(H,52,69)(H,53,70)(H,54,65)(H,55,68)(H,56,67)(H,57,66)(H,59,60)(H,61,62)(H,63,64)(H,72,73)(H4,48,49,50)/t26-,28-,29-,30-,31-,32-,33-,37-/m0/s1. The van der Waals surface area contributed by atoms with E-state index in [1.165, 1.54) is 0 Å². The first kappa shape index (κ1) is 59.5. The second-order valence-electron chi connectivity index (χ2n) is 18.4. The molecule has 0 saturated carbocycles. The van der Waals surface area contributed by atoms with E-state index in [9.17, 15) is 73.2 Å². The van der Waals surface area contributed by atoms with Gasteiger partial charge in [-0.15, -0.1) is 0 Å². The lowest BCUT2D eigenvalue weighted by Crippen LogP contribution is -2.60. The molecule has 0 radical (unpaired) electrons. The molecule has 1 aromatic heterocycles. The number of hydrogen-bond acceptors (Lipinski definition) is 13. The van der Waals surface area contributed by atoms with Crippen LogP contribution in [0.1, 0.15) is 91.0 Å². The number of carboxylic acids is 4. The van der Waals surface area contributed by atoms with Gasteiger partial charge in [-0.25, -0.2) is 4.79 Å². The number of guanidine groups is 1. The van der Waals surface area contributed by atoms with E-state index < -0.39 is 145 Å². The van der Waals surface area contributed by atoms with E-state index in [1.54, 1.807) is 40.0 Å². The molecule has 1 aromatic carbocycles. The number of carboxylic acid groups (broad SMARTS) is 4. The number of aliphatic imine (C=N–C) groups is 1. The van der Waals surface area contributed by atoms with Gasteiger partial charge < -0.3 is 79.4 Å². The van der Waals surface area contributed by atoms with Gasteiger partial charge >= 0.3 is 23.9 Å². The van der Waals surface area contributed by atoms with Crippen molar-refractivity contribution in [2.45, 2.75) is 140 Å². The Balaban J connectivity index is 1.79. The van der Waals surface area contributed by atoms with Crippen LogP contribution >= 0.6 is 0 Å². The van der Waals surface area contributed by atoms with Crippen LogP contribution in [-0.4, -0.2) is 163 Å². The number of rotatable bonds is 30. The molecule has 7 amide bonds. The predicted octanol–water partition coefficient (Wildman–Crippen LogP) is -2.41. The van der Waals surface area contributed by atoms with Crippen LogP contribution in [0.2, 0.25) is 0 Å². The molecule has 8 atom stereocenters. The fourth-order valence-electron chi connectivity index (χ4n) is 8.03. The van der Waals surface area contributed by atoms with E-state index in [-0.39, 0.29) is 63.5 Å². The first-order valence-corrected chi connectivity index (χ1v) is 23.7. The number of aromatic nitrogens is 1. The molecule has 1 aliphatic heterocycles. The lowest BCUT2D eigenvalue weighted by Gasteiger charge is -2.31. The van der Waals surface area contributed by atoms with Gasteiger partial charge in [0.25, 0.3) is 0 Å². The molecule has 0 bridgehead atoms. The number of nitrogens with two attached hydrogens (primary N) is 3. The number of nitrogens with one attached hydrogen (secondary N) is 7. The normalized spacial score (nSPS) is 16.2. The Morgan fingerprint density at radius 2 is 1.30 bits per heavy atom. The predicted molar refractivity (Wildman–Crippen MR) is 260 cm³/mol. The van der Waals surface area contributed by atoms with Crippen LogP contribution in [0.25, 0.3) is 10.9 Å². The highest BCUT2D eigenvalue weighted by molar-refractivity contribution is 5.99. The van der Waals surface area contributed by atoms with Crippen molar-refractivity contribution in [3.63, 3.8) is 0 Å². The third kappa shape index (κ3) is 19.0. The summed E-state index contributed by atoms with van der Waals surface area (Å²) < 4.78 is 0. The minimum Gasteiger partial charge on any atom is -0.481 e. The van der Waals surface area contributed by atoms with E-state index in [4.69, 9.17) is 17.2 Å². The molecule has 3 rings (SSSR count). The second kappa shape index (κ2) is 28.3. The molecule has 0 unspecified atom stereocenters. The summed E-state index contributed by atoms with van der Waals surface area (Å²) in [6.07, 6.45) is -1.28. The Kier molecular flexibility index (Phi) is 23.0. The maximum absolute atomic E-state index is 14.2. The maximum atomic E-state index is 14.2. The number of hydrogen-bond donors (Lipinski definition) is 14. The van der Waals surface area contributed by atoms with Crippen LogP contribution in [0.15, 0.2) is 35.5 Å². The number of carbonyl (C=O) groups is 11. The van der Waals surface area contributed by atoms with Crippen LogP contribution in [0.4, 0.5) is 0 Å². The summed E-state index contributed by atoms with van der Waals surface area (Å²) in [4.78, 5) is 152. The molecule has 2 aromatic rings. The quantitative estimate of drug-likeness (QED) is 0.0220. The summed E-state index contributed by atoms with van der Waals surface area (Å²) in [6, 6.07) is -4.89. The van der Waals surface area contributed by atoms with Crippen LogP contribution in [-0.2, 0) is 59.2 Å². The lowest BCUT2D eigenvalue weighted by molar-refractivity contribution is -0.146. The lowest BCUT2D eigenvalue weighted by atomic mass is 10.0. The van der Waals surface area contributed by atoms with Crippen molar-refractivity contribution in [1.82, 2.24) is 41.8 Å². The average Bonchev–Trinajstić information content (AvgIpc) is 3.96. The molecule has 27 nitrogen and oxygen atoms in total. The Morgan fingerprint density at radius 3 is 1.90 bits per heavy atom. The minimum atomic E-state index is -1.85. The number of fused-ring (bicyclic) bond motifs is 1. The summed E-state index contributed by atoms with van der Waals surface area (Å²) in [5.74, 6) is -13.9. The molecule has 0 aliphatic carbocycles. The summed E-state index contributed by atoms with van der Waals surface area (Å²) in [6.45, 7) is 6.37. The number of aliphatic carboxylic acids is 4. The highest BCUT2D eigenvalue weighted by Gasteiger charge is 2.41. The van der Waals surface area contributed by atoms with E-state index in [0.717, 1.165) is 15.8 Å². The highest BCUT2D eigenvalue weighted by atomic mass is 16.4. The van der Waals surface area contributed by atoms with Gasteiger partial charge in [0.2, 0.25) is 41.4 Å². The fourth-order valence-corrected chi connectivity index (χ4v) is 8.03. The Bertz CT molecular complexity index is 2370. The van der Waals surface area contributed by atoms with Crippen LogP contribution in [0, 0.1) is 11.8 Å². The molecule has 402 valence electrons. The van der Waals surface area contributed by atoms with E-state index in [0.29, 0.717) is 5.56 Å². The summed E-state index contributed by atoms with van der Waals surface area (Å²) in [5, 5.41) is 53.8. The van der Waals surface area contributed by atoms with Crippen molar-refractivity contribution in [2.75, 3.05) is 13.1 Å². The fraction of sp³-hybridized carbons (Fsp3) is 0.565. The zero-order chi connectivity index (χ0) is 54.7.